The highest BCUT2D eigenvalue weighted by Gasteiger charge is 2.19. The van der Waals surface area contributed by atoms with Crippen molar-refractivity contribution in [3.05, 3.63) is 72.4 Å². The highest BCUT2D eigenvalue weighted by molar-refractivity contribution is 5.97. The quantitative estimate of drug-likeness (QED) is 0.759. The van der Waals surface area contributed by atoms with Crippen LogP contribution in [0.15, 0.2) is 66.9 Å². The summed E-state index contributed by atoms with van der Waals surface area (Å²) in [5, 5.41) is 17.3. The molecule has 0 aliphatic heterocycles. The first-order chi connectivity index (χ1) is 11.6. The molecule has 3 aromatic rings. The Morgan fingerprint density at radius 1 is 1.12 bits per heavy atom. The molecule has 0 spiro atoms. The van der Waals surface area contributed by atoms with Gasteiger partial charge in [-0.15, -0.1) is 0 Å². The van der Waals surface area contributed by atoms with E-state index in [-0.39, 0.29) is 6.42 Å². The lowest BCUT2D eigenvalue weighted by Crippen LogP contribution is -2.29. The Labute approximate surface area is 140 Å². The van der Waals surface area contributed by atoms with Crippen LogP contribution in [0.25, 0.3) is 11.3 Å². The van der Waals surface area contributed by atoms with Crippen LogP contribution in [0.1, 0.15) is 5.56 Å². The van der Waals surface area contributed by atoms with E-state index in [4.69, 9.17) is 0 Å². The Morgan fingerprint density at radius 2 is 1.75 bits per heavy atom. The van der Waals surface area contributed by atoms with Crippen molar-refractivity contribution in [1.82, 2.24) is 9.78 Å². The molecule has 0 saturated carbocycles. The molecule has 0 aliphatic carbocycles. The van der Waals surface area contributed by atoms with Gasteiger partial charge < -0.3 is 10.4 Å². The van der Waals surface area contributed by atoms with E-state index in [9.17, 15) is 9.90 Å². The van der Waals surface area contributed by atoms with E-state index in [1.165, 1.54) is 0 Å². The summed E-state index contributed by atoms with van der Waals surface area (Å²) in [6, 6.07) is 19.1. The van der Waals surface area contributed by atoms with Crippen molar-refractivity contribution in [1.29, 1.82) is 0 Å². The van der Waals surface area contributed by atoms with Crippen molar-refractivity contribution in [2.75, 3.05) is 5.32 Å². The minimum atomic E-state index is -1.11. The molecule has 1 aromatic heterocycles. The van der Waals surface area contributed by atoms with E-state index in [0.29, 0.717) is 11.4 Å². The summed E-state index contributed by atoms with van der Waals surface area (Å²) in [7, 11) is 1.79. The largest absolute Gasteiger partial charge is 0.383 e. The maximum absolute atomic E-state index is 12.3. The third-order valence-electron chi connectivity index (χ3n) is 3.71. The first-order valence-electron chi connectivity index (χ1n) is 7.75. The van der Waals surface area contributed by atoms with Crippen molar-refractivity contribution >= 4 is 11.6 Å². The summed E-state index contributed by atoms with van der Waals surface area (Å²) < 4.78 is 1.64. The van der Waals surface area contributed by atoms with Crippen molar-refractivity contribution in [2.24, 2.45) is 7.05 Å². The molecule has 5 nitrogen and oxygen atoms in total. The number of hydrogen-bond donors (Lipinski definition) is 2. The van der Waals surface area contributed by atoms with E-state index >= 15 is 0 Å². The van der Waals surface area contributed by atoms with Gasteiger partial charge in [0.15, 0.2) is 0 Å². The first kappa shape index (κ1) is 16.0. The van der Waals surface area contributed by atoms with Gasteiger partial charge in [-0.3, -0.25) is 9.48 Å². The van der Waals surface area contributed by atoms with Crippen LogP contribution in [0.4, 0.5) is 5.69 Å². The number of nitrogens with zero attached hydrogens (tertiary/aromatic N) is 2. The summed E-state index contributed by atoms with van der Waals surface area (Å²) in [5.41, 5.74) is 3.08. The van der Waals surface area contributed by atoms with Gasteiger partial charge in [0.2, 0.25) is 0 Å². The predicted octanol–water partition coefficient (Wildman–Crippen LogP) is 2.63. The Hall–Kier alpha value is -2.92. The molecular weight excluding hydrogens is 302 g/mol. The van der Waals surface area contributed by atoms with Gasteiger partial charge >= 0.3 is 0 Å². The van der Waals surface area contributed by atoms with Crippen LogP contribution >= 0.6 is 0 Å². The number of aliphatic hydroxyl groups is 1. The summed E-state index contributed by atoms with van der Waals surface area (Å²) in [6.45, 7) is 0. The van der Waals surface area contributed by atoms with Gasteiger partial charge in [-0.05, 0) is 5.56 Å². The molecule has 5 heteroatoms. The van der Waals surface area contributed by atoms with Gasteiger partial charge in [0.05, 0.1) is 5.69 Å². The van der Waals surface area contributed by atoms with Crippen molar-refractivity contribution in [3.8, 4) is 11.3 Å². The van der Waals surface area contributed by atoms with Gasteiger partial charge in [0.1, 0.15) is 11.8 Å². The number of carbonyl (C=O) groups excluding carboxylic acids is 1. The van der Waals surface area contributed by atoms with Crippen LogP contribution in [-0.2, 0) is 18.3 Å². The minimum Gasteiger partial charge on any atom is -0.383 e. The molecule has 2 N–H and O–H groups in total. The number of carbonyl (C=O) groups is 1. The Morgan fingerprint density at radius 3 is 2.42 bits per heavy atom. The molecule has 122 valence electrons. The second-order valence-electron chi connectivity index (χ2n) is 5.63. The van der Waals surface area contributed by atoms with E-state index in [1.54, 1.807) is 17.9 Å². The average molecular weight is 321 g/mol. The molecule has 0 aliphatic rings. The van der Waals surface area contributed by atoms with Crippen LogP contribution < -0.4 is 5.32 Å². The molecule has 1 heterocycles. The average Bonchev–Trinajstić information content (AvgIpc) is 2.97. The maximum atomic E-state index is 12.3. The van der Waals surface area contributed by atoms with Crippen LogP contribution in [0.5, 0.6) is 0 Å². The predicted molar refractivity (Wildman–Crippen MR) is 93.4 cm³/mol. The van der Waals surface area contributed by atoms with Gasteiger partial charge in [-0.1, -0.05) is 60.7 Å². The number of rotatable bonds is 5. The summed E-state index contributed by atoms with van der Waals surface area (Å²) in [4.78, 5) is 12.3. The monoisotopic (exact) mass is 321 g/mol. The second kappa shape index (κ2) is 7.10. The van der Waals surface area contributed by atoms with E-state index in [2.05, 4.69) is 10.4 Å². The Balaban J connectivity index is 1.75. The van der Waals surface area contributed by atoms with Crippen molar-refractivity contribution < 1.29 is 9.90 Å². The summed E-state index contributed by atoms with van der Waals surface area (Å²) in [6.07, 6.45) is 0.888. The lowest BCUT2D eigenvalue weighted by molar-refractivity contribution is -0.123. The zero-order valence-electron chi connectivity index (χ0n) is 13.4. The highest BCUT2D eigenvalue weighted by atomic mass is 16.3. The number of benzene rings is 2. The van der Waals surface area contributed by atoms with Gasteiger partial charge in [-0.2, -0.15) is 5.10 Å². The molecule has 0 fully saturated rings. The molecule has 0 saturated heterocycles. The fraction of sp³-hybridized carbons (Fsp3) is 0.158. The minimum absolute atomic E-state index is 0.271. The van der Waals surface area contributed by atoms with Crippen LogP contribution in [0.2, 0.25) is 0 Å². The Bertz CT molecular complexity index is 813. The number of hydrogen-bond acceptors (Lipinski definition) is 3. The van der Waals surface area contributed by atoms with Crippen LogP contribution in [-0.4, -0.2) is 26.9 Å². The summed E-state index contributed by atoms with van der Waals surface area (Å²) >= 11 is 0. The van der Waals surface area contributed by atoms with Crippen molar-refractivity contribution in [2.45, 2.75) is 12.5 Å². The van der Waals surface area contributed by atoms with Crippen LogP contribution in [0.3, 0.4) is 0 Å². The van der Waals surface area contributed by atoms with Crippen LogP contribution in [0, 0.1) is 0 Å². The number of aromatic nitrogens is 2. The molecule has 2 aromatic carbocycles. The molecule has 24 heavy (non-hydrogen) atoms. The van der Waals surface area contributed by atoms with Gasteiger partial charge in [0, 0.05) is 25.2 Å². The topological polar surface area (TPSA) is 67.2 Å². The fourth-order valence-electron chi connectivity index (χ4n) is 2.54. The second-order valence-corrected chi connectivity index (χ2v) is 5.63. The smallest absolute Gasteiger partial charge is 0.253 e. The number of anilines is 1. The van der Waals surface area contributed by atoms with E-state index in [1.807, 2.05) is 60.7 Å². The third kappa shape index (κ3) is 3.70. The summed E-state index contributed by atoms with van der Waals surface area (Å²) in [5.74, 6) is -0.441. The number of nitrogens with one attached hydrogen (secondary N) is 1. The lowest BCUT2D eigenvalue weighted by atomic mass is 10.1. The molecule has 0 bridgehead atoms. The van der Waals surface area contributed by atoms with Gasteiger partial charge in [-0.25, -0.2) is 0 Å². The molecule has 1 atom stereocenters. The number of aliphatic hydroxyl groups excluding tert-OH is 1. The van der Waals surface area contributed by atoms with Crippen molar-refractivity contribution in [3.63, 3.8) is 0 Å². The third-order valence-corrected chi connectivity index (χ3v) is 3.71. The standard InChI is InChI=1S/C19H19N3O2/c1-22-13-16(18(21-22)15-10-6-3-7-11-15)20-19(24)17(23)12-14-8-4-2-5-9-14/h2-11,13,17,23H,12H2,1H3,(H,20,24). The zero-order chi connectivity index (χ0) is 16.9. The normalized spacial score (nSPS) is 11.9. The SMILES string of the molecule is Cn1cc(NC(=O)C(O)Cc2ccccc2)c(-c2ccccc2)n1. The Kier molecular flexibility index (Phi) is 4.72. The highest BCUT2D eigenvalue weighted by Crippen LogP contribution is 2.26. The number of aryl methyl sites for hydroxylation is 1. The molecular formula is C19H19N3O2. The number of amides is 1. The molecule has 1 unspecified atom stereocenters. The first-order valence-corrected chi connectivity index (χ1v) is 7.75. The molecule has 3 rings (SSSR count). The molecule has 0 radical (unpaired) electrons. The molecule has 1 amide bonds. The fourth-order valence-corrected chi connectivity index (χ4v) is 2.54. The van der Waals surface area contributed by atoms with E-state index in [0.717, 1.165) is 11.1 Å². The zero-order valence-corrected chi connectivity index (χ0v) is 13.4. The van der Waals surface area contributed by atoms with Gasteiger partial charge in [0.25, 0.3) is 5.91 Å². The maximum Gasteiger partial charge on any atom is 0.253 e. The lowest BCUT2D eigenvalue weighted by Gasteiger charge is -2.11. The van der Waals surface area contributed by atoms with E-state index < -0.39 is 12.0 Å².